The number of nitrogens with one attached hydrogen (secondary N) is 1. The van der Waals surface area contributed by atoms with Gasteiger partial charge in [0, 0.05) is 6.54 Å². The molecule has 23 heavy (non-hydrogen) atoms. The van der Waals surface area contributed by atoms with Crippen molar-refractivity contribution in [1.82, 2.24) is 15.3 Å². The lowest BCUT2D eigenvalue weighted by molar-refractivity contribution is 0.0951. The van der Waals surface area contributed by atoms with E-state index in [0.717, 1.165) is 16.9 Å². The SMILES string of the molecule is CCNC(=O)c1c(C)nc(N)nc1COc1c(C)cccc1C. The topological polar surface area (TPSA) is 90.1 Å². The molecule has 1 heterocycles. The molecule has 0 saturated carbocycles. The van der Waals surface area contributed by atoms with Crippen LogP contribution in [-0.2, 0) is 6.61 Å². The van der Waals surface area contributed by atoms with E-state index < -0.39 is 0 Å². The van der Waals surface area contributed by atoms with Gasteiger partial charge in [0.15, 0.2) is 0 Å². The van der Waals surface area contributed by atoms with Gasteiger partial charge in [-0.25, -0.2) is 9.97 Å². The Morgan fingerprint density at radius 3 is 2.48 bits per heavy atom. The average Bonchev–Trinajstić information content (AvgIpc) is 2.46. The number of carbonyl (C=O) groups is 1. The number of hydrogen-bond donors (Lipinski definition) is 2. The predicted molar refractivity (Wildman–Crippen MR) is 89.4 cm³/mol. The largest absolute Gasteiger partial charge is 0.487 e. The van der Waals surface area contributed by atoms with Crippen molar-refractivity contribution in [2.45, 2.75) is 34.3 Å². The zero-order chi connectivity index (χ0) is 17.0. The Morgan fingerprint density at radius 1 is 1.22 bits per heavy atom. The number of aryl methyl sites for hydroxylation is 3. The number of ether oxygens (including phenoxy) is 1. The molecule has 0 spiro atoms. The van der Waals surface area contributed by atoms with Gasteiger partial charge in [-0.3, -0.25) is 4.79 Å². The van der Waals surface area contributed by atoms with Crippen LogP contribution in [0.3, 0.4) is 0 Å². The summed E-state index contributed by atoms with van der Waals surface area (Å²) in [5.74, 6) is 0.713. The van der Waals surface area contributed by atoms with Crippen LogP contribution in [-0.4, -0.2) is 22.4 Å². The van der Waals surface area contributed by atoms with Crippen molar-refractivity contribution in [2.75, 3.05) is 12.3 Å². The fourth-order valence-electron chi connectivity index (χ4n) is 2.47. The third kappa shape index (κ3) is 3.77. The highest BCUT2D eigenvalue weighted by atomic mass is 16.5. The second kappa shape index (κ2) is 7.09. The molecule has 3 N–H and O–H groups in total. The molecule has 6 nitrogen and oxygen atoms in total. The first-order chi connectivity index (χ1) is 10.9. The van der Waals surface area contributed by atoms with Gasteiger partial charge in [-0.2, -0.15) is 0 Å². The molecule has 122 valence electrons. The van der Waals surface area contributed by atoms with Gasteiger partial charge in [-0.05, 0) is 38.8 Å². The van der Waals surface area contributed by atoms with Crippen LogP contribution in [0.15, 0.2) is 18.2 Å². The molecule has 2 aromatic rings. The minimum Gasteiger partial charge on any atom is -0.487 e. The van der Waals surface area contributed by atoms with Gasteiger partial charge >= 0.3 is 0 Å². The van der Waals surface area contributed by atoms with Gasteiger partial charge in [0.1, 0.15) is 12.4 Å². The molecule has 0 atom stereocenters. The van der Waals surface area contributed by atoms with Gasteiger partial charge in [-0.1, -0.05) is 18.2 Å². The van der Waals surface area contributed by atoms with Gasteiger partial charge < -0.3 is 15.8 Å². The Hall–Kier alpha value is -2.63. The van der Waals surface area contributed by atoms with Gasteiger partial charge in [-0.15, -0.1) is 0 Å². The number of hydrogen-bond acceptors (Lipinski definition) is 5. The summed E-state index contributed by atoms with van der Waals surface area (Å²) >= 11 is 0. The molecular formula is C17H22N4O2. The second-order valence-corrected chi connectivity index (χ2v) is 5.36. The van der Waals surface area contributed by atoms with Crippen LogP contribution in [0.1, 0.15) is 39.8 Å². The lowest BCUT2D eigenvalue weighted by atomic mass is 10.1. The summed E-state index contributed by atoms with van der Waals surface area (Å²) in [4.78, 5) is 20.5. The maximum absolute atomic E-state index is 12.3. The van der Waals surface area contributed by atoms with Crippen molar-refractivity contribution in [3.8, 4) is 5.75 Å². The molecule has 0 radical (unpaired) electrons. The van der Waals surface area contributed by atoms with E-state index in [-0.39, 0.29) is 18.5 Å². The molecule has 0 saturated heterocycles. The number of nitrogens with zero attached hydrogens (tertiary/aromatic N) is 2. The lowest BCUT2D eigenvalue weighted by Gasteiger charge is -2.15. The van der Waals surface area contributed by atoms with Crippen LogP contribution in [0.5, 0.6) is 5.75 Å². The van der Waals surface area contributed by atoms with Crippen molar-refractivity contribution in [2.24, 2.45) is 0 Å². The Morgan fingerprint density at radius 2 is 1.87 bits per heavy atom. The molecule has 0 aliphatic carbocycles. The predicted octanol–water partition coefficient (Wildman–Crippen LogP) is 2.31. The second-order valence-electron chi connectivity index (χ2n) is 5.36. The van der Waals surface area contributed by atoms with Crippen LogP contribution in [0, 0.1) is 20.8 Å². The van der Waals surface area contributed by atoms with E-state index >= 15 is 0 Å². The first kappa shape index (κ1) is 16.7. The minimum atomic E-state index is -0.217. The van der Waals surface area contributed by atoms with Crippen LogP contribution >= 0.6 is 0 Å². The quantitative estimate of drug-likeness (QED) is 0.884. The number of rotatable bonds is 5. The third-order valence-corrected chi connectivity index (χ3v) is 3.51. The lowest BCUT2D eigenvalue weighted by Crippen LogP contribution is -2.26. The molecule has 6 heteroatoms. The molecule has 1 aromatic carbocycles. The average molecular weight is 314 g/mol. The standard InChI is InChI=1S/C17H22N4O2/c1-5-19-16(22)14-12(4)20-17(18)21-13(14)9-23-15-10(2)7-6-8-11(15)3/h6-8H,5,9H2,1-4H3,(H,19,22)(H2,18,20,21). The number of amides is 1. The number of carbonyl (C=O) groups excluding carboxylic acids is 1. The zero-order valence-corrected chi connectivity index (χ0v) is 13.9. The third-order valence-electron chi connectivity index (χ3n) is 3.51. The van der Waals surface area contributed by atoms with Gasteiger partial charge in [0.25, 0.3) is 5.91 Å². The van der Waals surface area contributed by atoms with Crippen LogP contribution in [0.4, 0.5) is 5.95 Å². The number of nitrogen functional groups attached to an aromatic ring is 1. The van der Waals surface area contributed by atoms with Crippen molar-refractivity contribution in [1.29, 1.82) is 0 Å². The highest BCUT2D eigenvalue weighted by Crippen LogP contribution is 2.24. The van der Waals surface area contributed by atoms with Crippen LogP contribution in [0.25, 0.3) is 0 Å². The minimum absolute atomic E-state index is 0.135. The molecule has 0 fully saturated rings. The number of benzene rings is 1. The molecular weight excluding hydrogens is 292 g/mol. The van der Waals surface area contributed by atoms with E-state index in [0.29, 0.717) is 23.5 Å². The van der Waals surface area contributed by atoms with Crippen molar-refractivity contribution >= 4 is 11.9 Å². The first-order valence-electron chi connectivity index (χ1n) is 7.54. The van der Waals surface area contributed by atoms with E-state index in [4.69, 9.17) is 10.5 Å². The van der Waals surface area contributed by atoms with Gasteiger partial charge in [0.05, 0.1) is 17.0 Å². The summed E-state index contributed by atoms with van der Waals surface area (Å²) in [5.41, 5.74) is 9.24. The summed E-state index contributed by atoms with van der Waals surface area (Å²) in [6.45, 7) is 8.24. The monoisotopic (exact) mass is 314 g/mol. The fourth-order valence-corrected chi connectivity index (χ4v) is 2.47. The van der Waals surface area contributed by atoms with E-state index in [2.05, 4.69) is 15.3 Å². The molecule has 1 amide bonds. The molecule has 0 aliphatic rings. The molecule has 2 rings (SSSR count). The normalized spacial score (nSPS) is 10.4. The highest BCUT2D eigenvalue weighted by Gasteiger charge is 2.18. The molecule has 0 aliphatic heterocycles. The van der Waals surface area contributed by atoms with E-state index in [1.807, 2.05) is 39.0 Å². The highest BCUT2D eigenvalue weighted by molar-refractivity contribution is 5.96. The first-order valence-corrected chi connectivity index (χ1v) is 7.54. The molecule has 0 bridgehead atoms. The Labute approximate surface area is 136 Å². The van der Waals surface area contributed by atoms with Gasteiger partial charge in [0.2, 0.25) is 5.95 Å². The Bertz CT molecular complexity index is 709. The Balaban J connectivity index is 2.34. The van der Waals surface area contributed by atoms with Crippen molar-refractivity contribution < 1.29 is 9.53 Å². The molecule has 0 unspecified atom stereocenters. The van der Waals surface area contributed by atoms with Crippen molar-refractivity contribution in [3.63, 3.8) is 0 Å². The van der Waals surface area contributed by atoms with Crippen LogP contribution in [0.2, 0.25) is 0 Å². The van der Waals surface area contributed by atoms with E-state index in [9.17, 15) is 4.79 Å². The Kier molecular flexibility index (Phi) is 5.16. The molecule has 1 aromatic heterocycles. The summed E-state index contributed by atoms with van der Waals surface area (Å²) in [7, 11) is 0. The van der Waals surface area contributed by atoms with Crippen LogP contribution < -0.4 is 15.8 Å². The van der Waals surface area contributed by atoms with E-state index in [1.54, 1.807) is 6.92 Å². The zero-order valence-electron chi connectivity index (χ0n) is 13.9. The number of nitrogens with two attached hydrogens (primary N) is 1. The summed E-state index contributed by atoms with van der Waals surface area (Å²) < 4.78 is 5.91. The fraction of sp³-hybridized carbons (Fsp3) is 0.353. The maximum Gasteiger partial charge on any atom is 0.255 e. The summed E-state index contributed by atoms with van der Waals surface area (Å²) in [6.07, 6.45) is 0. The van der Waals surface area contributed by atoms with Crippen molar-refractivity contribution in [3.05, 3.63) is 46.3 Å². The summed E-state index contributed by atoms with van der Waals surface area (Å²) in [5, 5.41) is 2.77. The number of aromatic nitrogens is 2. The van der Waals surface area contributed by atoms with E-state index in [1.165, 1.54) is 0 Å². The summed E-state index contributed by atoms with van der Waals surface area (Å²) in [6, 6.07) is 5.93. The smallest absolute Gasteiger partial charge is 0.255 e. The number of para-hydroxylation sites is 1. The number of anilines is 1. The maximum atomic E-state index is 12.3.